The third-order valence-corrected chi connectivity index (χ3v) is 4.55. The SMILES string of the molecule is CNC(=O)C(C)N(Cc1ccccc1Cl)C(=O)CCc1ccccc1. The van der Waals surface area contributed by atoms with Gasteiger partial charge < -0.3 is 10.2 Å². The van der Waals surface area contributed by atoms with Crippen LogP contribution in [-0.2, 0) is 22.6 Å². The first-order valence-corrected chi connectivity index (χ1v) is 8.69. The average Bonchev–Trinajstić information content (AvgIpc) is 2.65. The molecule has 0 aliphatic heterocycles. The number of rotatable bonds is 7. The highest BCUT2D eigenvalue weighted by Gasteiger charge is 2.25. The number of benzene rings is 2. The molecule has 0 fully saturated rings. The molecule has 1 unspecified atom stereocenters. The van der Waals surface area contributed by atoms with Crippen LogP contribution in [0, 0.1) is 0 Å². The van der Waals surface area contributed by atoms with Gasteiger partial charge in [0, 0.05) is 25.0 Å². The third kappa shape index (κ3) is 5.33. The van der Waals surface area contributed by atoms with Crippen molar-refractivity contribution in [2.24, 2.45) is 0 Å². The maximum Gasteiger partial charge on any atom is 0.242 e. The zero-order chi connectivity index (χ0) is 18.2. The molecular weight excluding hydrogens is 336 g/mol. The average molecular weight is 359 g/mol. The van der Waals surface area contributed by atoms with Crippen LogP contribution >= 0.6 is 11.6 Å². The third-order valence-electron chi connectivity index (χ3n) is 4.18. The molecule has 0 aromatic heterocycles. The van der Waals surface area contributed by atoms with Crippen LogP contribution < -0.4 is 5.32 Å². The lowest BCUT2D eigenvalue weighted by atomic mass is 10.1. The summed E-state index contributed by atoms with van der Waals surface area (Å²) in [4.78, 5) is 26.5. The topological polar surface area (TPSA) is 49.4 Å². The Hall–Kier alpha value is -2.33. The molecule has 0 heterocycles. The zero-order valence-corrected chi connectivity index (χ0v) is 15.3. The van der Waals surface area contributed by atoms with E-state index in [0.29, 0.717) is 24.4 Å². The standard InChI is InChI=1S/C20H23ClN2O2/c1-15(20(25)22-2)23(14-17-10-6-7-11-18(17)21)19(24)13-12-16-8-4-3-5-9-16/h3-11,15H,12-14H2,1-2H3,(H,22,25). The van der Waals surface area contributed by atoms with E-state index in [4.69, 9.17) is 11.6 Å². The lowest BCUT2D eigenvalue weighted by Gasteiger charge is -2.28. The summed E-state index contributed by atoms with van der Waals surface area (Å²) in [6.45, 7) is 2.04. The van der Waals surface area contributed by atoms with E-state index < -0.39 is 6.04 Å². The van der Waals surface area contributed by atoms with Gasteiger partial charge in [0.2, 0.25) is 11.8 Å². The minimum atomic E-state index is -0.565. The van der Waals surface area contributed by atoms with E-state index in [1.807, 2.05) is 48.5 Å². The predicted octanol–water partition coefficient (Wildman–Crippen LogP) is 3.44. The molecular formula is C20H23ClN2O2. The van der Waals surface area contributed by atoms with E-state index in [-0.39, 0.29) is 11.8 Å². The first-order valence-electron chi connectivity index (χ1n) is 8.31. The number of amides is 2. The molecule has 132 valence electrons. The second kappa shape index (κ2) is 9.23. The second-order valence-electron chi connectivity index (χ2n) is 5.89. The van der Waals surface area contributed by atoms with Crippen molar-refractivity contribution in [1.29, 1.82) is 0 Å². The Kier molecular flexibility index (Phi) is 7.02. The van der Waals surface area contributed by atoms with E-state index in [9.17, 15) is 9.59 Å². The van der Waals surface area contributed by atoms with Crippen LogP contribution in [0.3, 0.4) is 0 Å². The van der Waals surface area contributed by atoms with Gasteiger partial charge in [-0.15, -0.1) is 0 Å². The molecule has 0 bridgehead atoms. The molecule has 2 amide bonds. The van der Waals surface area contributed by atoms with Gasteiger partial charge in [-0.05, 0) is 30.5 Å². The summed E-state index contributed by atoms with van der Waals surface area (Å²) in [5.74, 6) is -0.264. The Morgan fingerprint density at radius 1 is 1.08 bits per heavy atom. The summed E-state index contributed by atoms with van der Waals surface area (Å²) in [7, 11) is 1.57. The van der Waals surface area contributed by atoms with Crippen LogP contribution in [0.15, 0.2) is 54.6 Å². The molecule has 0 spiro atoms. The summed E-state index contributed by atoms with van der Waals surface area (Å²) in [5.41, 5.74) is 1.93. The first kappa shape index (κ1) is 19.0. The van der Waals surface area contributed by atoms with Crippen molar-refractivity contribution >= 4 is 23.4 Å². The molecule has 5 heteroatoms. The van der Waals surface area contributed by atoms with Gasteiger partial charge in [-0.3, -0.25) is 9.59 Å². The van der Waals surface area contributed by atoms with E-state index in [0.717, 1.165) is 11.1 Å². The molecule has 2 aromatic carbocycles. The van der Waals surface area contributed by atoms with Gasteiger partial charge in [0.15, 0.2) is 0 Å². The second-order valence-corrected chi connectivity index (χ2v) is 6.30. The number of carbonyl (C=O) groups excluding carboxylic acids is 2. The number of hydrogen-bond acceptors (Lipinski definition) is 2. The summed E-state index contributed by atoms with van der Waals surface area (Å²) in [6.07, 6.45) is 0.981. The van der Waals surface area contributed by atoms with E-state index >= 15 is 0 Å². The Morgan fingerprint density at radius 3 is 2.36 bits per heavy atom. The molecule has 1 atom stereocenters. The molecule has 25 heavy (non-hydrogen) atoms. The molecule has 0 aliphatic carbocycles. The minimum absolute atomic E-state index is 0.0696. The fraction of sp³-hybridized carbons (Fsp3) is 0.300. The van der Waals surface area contributed by atoms with Crippen LogP contribution in [0.4, 0.5) is 0 Å². The molecule has 2 aromatic rings. The van der Waals surface area contributed by atoms with E-state index in [1.165, 1.54) is 0 Å². The molecule has 1 N–H and O–H groups in total. The predicted molar refractivity (Wildman–Crippen MR) is 100 cm³/mol. The largest absolute Gasteiger partial charge is 0.357 e. The van der Waals surface area contributed by atoms with Crippen molar-refractivity contribution in [3.63, 3.8) is 0 Å². The van der Waals surface area contributed by atoms with Gasteiger partial charge in [0.25, 0.3) is 0 Å². The summed E-state index contributed by atoms with van der Waals surface area (Å²) < 4.78 is 0. The molecule has 0 radical (unpaired) electrons. The van der Waals surface area contributed by atoms with Crippen LogP contribution in [0.2, 0.25) is 5.02 Å². The van der Waals surface area contributed by atoms with Crippen molar-refractivity contribution in [1.82, 2.24) is 10.2 Å². The van der Waals surface area contributed by atoms with Crippen molar-refractivity contribution in [3.05, 3.63) is 70.7 Å². The Morgan fingerprint density at radius 2 is 1.72 bits per heavy atom. The van der Waals surface area contributed by atoms with E-state index in [1.54, 1.807) is 24.9 Å². The van der Waals surface area contributed by atoms with Gasteiger partial charge >= 0.3 is 0 Å². The monoisotopic (exact) mass is 358 g/mol. The maximum atomic E-state index is 12.8. The summed E-state index contributed by atoms with van der Waals surface area (Å²) in [5, 5.41) is 3.20. The number of nitrogens with one attached hydrogen (secondary N) is 1. The Bertz CT molecular complexity index is 719. The minimum Gasteiger partial charge on any atom is -0.357 e. The molecule has 0 aliphatic rings. The van der Waals surface area contributed by atoms with Crippen molar-refractivity contribution in [2.45, 2.75) is 32.4 Å². The normalized spacial score (nSPS) is 11.6. The molecule has 0 saturated heterocycles. The summed E-state index contributed by atoms with van der Waals surface area (Å²) >= 11 is 6.23. The molecule has 0 saturated carbocycles. The lowest BCUT2D eigenvalue weighted by Crippen LogP contribution is -2.46. The number of nitrogens with zero attached hydrogens (tertiary/aromatic N) is 1. The molecule has 4 nitrogen and oxygen atoms in total. The van der Waals surface area contributed by atoms with Crippen LogP contribution in [0.5, 0.6) is 0 Å². The number of likely N-dealkylation sites (N-methyl/N-ethyl adjacent to an activating group) is 1. The van der Waals surface area contributed by atoms with Gasteiger partial charge in [-0.2, -0.15) is 0 Å². The van der Waals surface area contributed by atoms with Gasteiger partial charge in [0.05, 0.1) is 0 Å². The number of halogens is 1. The maximum absolute atomic E-state index is 12.8. The quantitative estimate of drug-likeness (QED) is 0.824. The van der Waals surface area contributed by atoms with E-state index in [2.05, 4.69) is 5.32 Å². The fourth-order valence-electron chi connectivity index (χ4n) is 2.64. The lowest BCUT2D eigenvalue weighted by molar-refractivity contribution is -0.140. The first-order chi connectivity index (χ1) is 12.0. The highest BCUT2D eigenvalue weighted by atomic mass is 35.5. The number of carbonyl (C=O) groups is 2. The fourth-order valence-corrected chi connectivity index (χ4v) is 2.84. The van der Waals surface area contributed by atoms with Crippen LogP contribution in [-0.4, -0.2) is 29.8 Å². The number of aryl methyl sites for hydroxylation is 1. The van der Waals surface area contributed by atoms with Gasteiger partial charge in [-0.25, -0.2) is 0 Å². The Labute approximate surface area is 153 Å². The van der Waals surface area contributed by atoms with Gasteiger partial charge in [-0.1, -0.05) is 60.1 Å². The van der Waals surface area contributed by atoms with Crippen molar-refractivity contribution in [2.75, 3.05) is 7.05 Å². The van der Waals surface area contributed by atoms with Crippen LogP contribution in [0.25, 0.3) is 0 Å². The smallest absolute Gasteiger partial charge is 0.242 e. The van der Waals surface area contributed by atoms with Crippen molar-refractivity contribution in [3.8, 4) is 0 Å². The van der Waals surface area contributed by atoms with Gasteiger partial charge in [0.1, 0.15) is 6.04 Å². The van der Waals surface area contributed by atoms with Crippen LogP contribution in [0.1, 0.15) is 24.5 Å². The number of hydrogen-bond donors (Lipinski definition) is 1. The summed E-state index contributed by atoms with van der Waals surface area (Å²) in [6, 6.07) is 16.6. The Balaban J connectivity index is 2.14. The highest BCUT2D eigenvalue weighted by Crippen LogP contribution is 2.19. The van der Waals surface area contributed by atoms with Crippen molar-refractivity contribution < 1.29 is 9.59 Å². The molecule has 2 rings (SSSR count). The highest BCUT2D eigenvalue weighted by molar-refractivity contribution is 6.31. The zero-order valence-electron chi connectivity index (χ0n) is 14.5.